The topological polar surface area (TPSA) is 84.9 Å². The quantitative estimate of drug-likeness (QED) is 0.608. The van der Waals surface area contributed by atoms with Crippen molar-refractivity contribution in [2.75, 3.05) is 33.4 Å². The normalized spacial score (nSPS) is 14.7. The number of carbonyl (C=O) groups is 1. The summed E-state index contributed by atoms with van der Waals surface area (Å²) in [6, 6.07) is 10.2. The first kappa shape index (κ1) is 24.1. The van der Waals surface area contributed by atoms with E-state index < -0.39 is 10.0 Å². The number of amides is 1. The van der Waals surface area contributed by atoms with Crippen LogP contribution in [0.1, 0.15) is 47.2 Å². The van der Waals surface area contributed by atoms with Gasteiger partial charge in [0.2, 0.25) is 10.0 Å². The molecule has 0 radical (unpaired) electrons. The molecule has 7 nitrogen and oxygen atoms in total. The molecule has 32 heavy (non-hydrogen) atoms. The Balaban J connectivity index is 1.69. The van der Waals surface area contributed by atoms with Gasteiger partial charge in [0.25, 0.3) is 5.91 Å². The third-order valence-electron chi connectivity index (χ3n) is 5.81. The lowest BCUT2D eigenvalue weighted by atomic mass is 10.1. The van der Waals surface area contributed by atoms with Crippen molar-refractivity contribution in [3.05, 3.63) is 53.1 Å². The number of nitrogens with zero attached hydrogens (tertiary/aromatic N) is 1. The van der Waals surface area contributed by atoms with Crippen LogP contribution in [0.5, 0.6) is 11.5 Å². The van der Waals surface area contributed by atoms with Gasteiger partial charge in [-0.25, -0.2) is 13.1 Å². The van der Waals surface area contributed by atoms with Gasteiger partial charge in [-0.3, -0.25) is 4.79 Å². The molecule has 8 heteroatoms. The second-order valence-corrected chi connectivity index (χ2v) is 9.78. The first-order chi connectivity index (χ1) is 15.3. The number of methoxy groups -OCH3 is 1. The van der Waals surface area contributed by atoms with E-state index in [0.29, 0.717) is 18.8 Å². The number of benzene rings is 2. The van der Waals surface area contributed by atoms with E-state index in [1.807, 2.05) is 32.0 Å². The molecule has 0 bridgehead atoms. The highest BCUT2D eigenvalue weighted by atomic mass is 32.2. The monoisotopic (exact) mass is 460 g/mol. The van der Waals surface area contributed by atoms with Crippen LogP contribution in [0.4, 0.5) is 0 Å². The third-order valence-corrected chi connectivity index (χ3v) is 7.27. The van der Waals surface area contributed by atoms with Gasteiger partial charge in [-0.2, -0.15) is 0 Å². The zero-order valence-electron chi connectivity index (χ0n) is 19.0. The number of hydrogen-bond acceptors (Lipinski definition) is 5. The number of sulfonamides is 1. The fourth-order valence-electron chi connectivity index (χ4n) is 3.77. The molecule has 0 saturated carbocycles. The van der Waals surface area contributed by atoms with E-state index in [4.69, 9.17) is 9.47 Å². The molecule has 0 unspecified atom stereocenters. The summed E-state index contributed by atoms with van der Waals surface area (Å²) in [5.41, 5.74) is 2.41. The maximum Gasteiger partial charge on any atom is 0.257 e. The Hall–Kier alpha value is -2.58. The van der Waals surface area contributed by atoms with Crippen molar-refractivity contribution in [2.45, 2.75) is 44.4 Å². The molecular formula is C24H32N2O5S. The molecule has 1 heterocycles. The minimum Gasteiger partial charge on any atom is -0.496 e. The van der Waals surface area contributed by atoms with E-state index in [9.17, 15) is 13.2 Å². The lowest BCUT2D eigenvalue weighted by Crippen LogP contribution is -2.32. The maximum atomic E-state index is 13.1. The minimum atomic E-state index is -3.81. The van der Waals surface area contributed by atoms with Crippen LogP contribution in [0.3, 0.4) is 0 Å². The van der Waals surface area contributed by atoms with Gasteiger partial charge in [0.1, 0.15) is 18.1 Å². The van der Waals surface area contributed by atoms with Crippen LogP contribution in [-0.4, -0.2) is 52.6 Å². The molecule has 1 aliphatic rings. The first-order valence-electron chi connectivity index (χ1n) is 11.0. The van der Waals surface area contributed by atoms with Crippen LogP contribution in [0, 0.1) is 13.8 Å². The molecule has 1 fully saturated rings. The smallest absolute Gasteiger partial charge is 0.257 e. The van der Waals surface area contributed by atoms with Gasteiger partial charge in [0.15, 0.2) is 0 Å². The molecular weight excluding hydrogens is 428 g/mol. The number of carbonyl (C=O) groups excluding carboxylic acids is 1. The number of aryl methyl sites for hydroxylation is 1. The average molecular weight is 461 g/mol. The average Bonchev–Trinajstić information content (AvgIpc) is 3.08. The van der Waals surface area contributed by atoms with E-state index in [-0.39, 0.29) is 29.5 Å². The molecule has 1 amide bonds. The van der Waals surface area contributed by atoms with Crippen molar-refractivity contribution < 1.29 is 22.7 Å². The fraction of sp³-hybridized carbons (Fsp3) is 0.458. The Morgan fingerprint density at radius 1 is 1.03 bits per heavy atom. The first-order valence-corrected chi connectivity index (χ1v) is 12.5. The minimum absolute atomic E-state index is 0.0307. The SMILES string of the molecule is COc1ccc(S(=O)(=O)NCCOc2cccc(C)c2C)cc1C(=O)N1CCCCCC1. The molecule has 0 aromatic heterocycles. The molecule has 1 aliphatic heterocycles. The Kier molecular flexibility index (Phi) is 8.15. The van der Waals surface area contributed by atoms with E-state index in [1.54, 1.807) is 4.90 Å². The Morgan fingerprint density at radius 2 is 1.75 bits per heavy atom. The third kappa shape index (κ3) is 5.81. The molecule has 3 rings (SSSR count). The van der Waals surface area contributed by atoms with Crippen LogP contribution in [0.15, 0.2) is 41.3 Å². The highest BCUT2D eigenvalue weighted by Crippen LogP contribution is 2.25. The molecule has 1 N–H and O–H groups in total. The number of nitrogens with one attached hydrogen (secondary N) is 1. The van der Waals surface area contributed by atoms with Crippen molar-refractivity contribution in [3.8, 4) is 11.5 Å². The number of ether oxygens (including phenoxy) is 2. The van der Waals surface area contributed by atoms with Crippen molar-refractivity contribution >= 4 is 15.9 Å². The molecule has 1 saturated heterocycles. The van der Waals surface area contributed by atoms with Crippen LogP contribution < -0.4 is 14.2 Å². The lowest BCUT2D eigenvalue weighted by molar-refractivity contribution is 0.0758. The van der Waals surface area contributed by atoms with E-state index in [2.05, 4.69) is 4.72 Å². The summed E-state index contributed by atoms with van der Waals surface area (Å²) in [6.07, 6.45) is 4.11. The van der Waals surface area contributed by atoms with Gasteiger partial charge < -0.3 is 14.4 Å². The van der Waals surface area contributed by atoms with Crippen molar-refractivity contribution in [1.82, 2.24) is 9.62 Å². The second kappa shape index (κ2) is 10.8. The highest BCUT2D eigenvalue weighted by molar-refractivity contribution is 7.89. The zero-order valence-corrected chi connectivity index (χ0v) is 19.8. The largest absolute Gasteiger partial charge is 0.496 e. The molecule has 0 spiro atoms. The summed E-state index contributed by atoms with van der Waals surface area (Å²) in [6.45, 7) is 5.62. The predicted octanol–water partition coefficient (Wildman–Crippen LogP) is 3.69. The highest BCUT2D eigenvalue weighted by Gasteiger charge is 2.24. The fourth-order valence-corrected chi connectivity index (χ4v) is 4.81. The number of rotatable bonds is 8. The molecule has 2 aromatic carbocycles. The van der Waals surface area contributed by atoms with E-state index in [1.165, 1.54) is 25.3 Å². The predicted molar refractivity (Wildman–Crippen MR) is 124 cm³/mol. The van der Waals surface area contributed by atoms with Gasteiger partial charge in [-0.1, -0.05) is 25.0 Å². The van der Waals surface area contributed by atoms with E-state index >= 15 is 0 Å². The van der Waals surface area contributed by atoms with Crippen molar-refractivity contribution in [1.29, 1.82) is 0 Å². The lowest BCUT2D eigenvalue weighted by Gasteiger charge is -2.22. The van der Waals surface area contributed by atoms with Crippen molar-refractivity contribution in [2.24, 2.45) is 0 Å². The van der Waals surface area contributed by atoms with Crippen LogP contribution in [0.2, 0.25) is 0 Å². The molecule has 174 valence electrons. The molecule has 2 aromatic rings. The Bertz CT molecular complexity index is 1040. The Labute approximate surface area is 190 Å². The Morgan fingerprint density at radius 3 is 2.44 bits per heavy atom. The van der Waals surface area contributed by atoms with Crippen LogP contribution in [-0.2, 0) is 10.0 Å². The summed E-state index contributed by atoms with van der Waals surface area (Å²) in [7, 11) is -2.33. The van der Waals surface area contributed by atoms with Gasteiger partial charge in [-0.15, -0.1) is 0 Å². The van der Waals surface area contributed by atoms with Gasteiger partial charge in [0, 0.05) is 19.6 Å². The van der Waals surface area contributed by atoms with Gasteiger partial charge in [-0.05, 0) is 62.1 Å². The summed E-state index contributed by atoms with van der Waals surface area (Å²) in [4.78, 5) is 14.9. The summed E-state index contributed by atoms with van der Waals surface area (Å²) in [5.74, 6) is 0.912. The summed E-state index contributed by atoms with van der Waals surface area (Å²) in [5, 5.41) is 0. The van der Waals surface area contributed by atoms with Crippen LogP contribution in [0.25, 0.3) is 0 Å². The van der Waals surface area contributed by atoms with Crippen LogP contribution >= 0.6 is 0 Å². The van der Waals surface area contributed by atoms with Gasteiger partial charge >= 0.3 is 0 Å². The van der Waals surface area contributed by atoms with E-state index in [0.717, 1.165) is 42.6 Å². The zero-order chi connectivity index (χ0) is 23.1. The molecule has 0 aliphatic carbocycles. The number of hydrogen-bond donors (Lipinski definition) is 1. The standard InChI is InChI=1S/C24H32N2O5S/c1-18-9-8-10-22(19(18)2)31-16-13-25-32(28,29)20-11-12-23(30-3)21(17-20)24(27)26-14-6-4-5-7-15-26/h8-12,17,25H,4-7,13-16H2,1-3H3. The summed E-state index contributed by atoms with van der Waals surface area (Å²) >= 11 is 0. The second-order valence-electron chi connectivity index (χ2n) is 8.01. The van der Waals surface area contributed by atoms with Gasteiger partial charge in [0.05, 0.1) is 17.6 Å². The van der Waals surface area contributed by atoms with Crippen molar-refractivity contribution in [3.63, 3.8) is 0 Å². The summed E-state index contributed by atoms with van der Waals surface area (Å²) < 4.78 is 39.3. The number of likely N-dealkylation sites (tertiary alicyclic amines) is 1. The maximum absolute atomic E-state index is 13.1. The molecule has 0 atom stereocenters.